The molecule has 0 heterocycles. The number of esters is 1. The Morgan fingerprint density at radius 1 is 1.48 bits per heavy atom. The normalized spacial score (nSPS) is 11.7. The van der Waals surface area contributed by atoms with Gasteiger partial charge in [0, 0.05) is 17.4 Å². The van der Waals surface area contributed by atoms with E-state index in [4.69, 9.17) is 10.7 Å². The van der Waals surface area contributed by atoms with E-state index >= 15 is 0 Å². The third-order valence-corrected chi connectivity index (χ3v) is 2.54. The van der Waals surface area contributed by atoms with Crippen molar-refractivity contribution < 1.29 is 18.7 Å². The maximum absolute atomic E-state index is 13.3. The van der Waals surface area contributed by atoms with Crippen LogP contribution in [0.15, 0.2) is 30.3 Å². The molecule has 0 aliphatic rings. The third kappa shape index (κ3) is 4.99. The minimum absolute atomic E-state index is 0.111. The lowest BCUT2D eigenvalue weighted by Crippen LogP contribution is -2.25. The SMILES string of the molecule is CC(=N)C(C#N)C(=O)COC(=O)/C=C/c1ccccc1F. The van der Waals surface area contributed by atoms with Gasteiger partial charge >= 0.3 is 5.97 Å². The van der Waals surface area contributed by atoms with Crippen LogP contribution in [0.2, 0.25) is 0 Å². The summed E-state index contributed by atoms with van der Waals surface area (Å²) in [5.41, 5.74) is 0.103. The minimum atomic E-state index is -1.21. The zero-order valence-electron chi connectivity index (χ0n) is 11.3. The molecule has 108 valence electrons. The fourth-order valence-corrected chi connectivity index (χ4v) is 1.45. The largest absolute Gasteiger partial charge is 0.454 e. The van der Waals surface area contributed by atoms with Gasteiger partial charge in [0.05, 0.1) is 6.07 Å². The molecule has 1 N–H and O–H groups in total. The molecule has 0 bridgehead atoms. The van der Waals surface area contributed by atoms with Crippen molar-refractivity contribution in [3.63, 3.8) is 0 Å². The van der Waals surface area contributed by atoms with Crippen molar-refractivity contribution in [1.29, 1.82) is 10.7 Å². The summed E-state index contributed by atoms with van der Waals surface area (Å²) < 4.78 is 17.9. The molecule has 0 amide bonds. The first-order valence-corrected chi connectivity index (χ1v) is 6.02. The van der Waals surface area contributed by atoms with Crippen LogP contribution < -0.4 is 0 Å². The Bertz CT molecular complexity index is 632. The van der Waals surface area contributed by atoms with Gasteiger partial charge in [-0.2, -0.15) is 5.26 Å². The van der Waals surface area contributed by atoms with Crippen molar-refractivity contribution in [3.8, 4) is 6.07 Å². The standard InChI is InChI=1S/C15H13FN2O3/c1-10(18)12(8-17)14(19)9-21-15(20)7-6-11-4-2-3-5-13(11)16/h2-7,12,18H,9H2,1H3/b7-6+,18-10?. The van der Waals surface area contributed by atoms with Crippen LogP contribution in [0.4, 0.5) is 4.39 Å². The fraction of sp³-hybridized carbons (Fsp3) is 0.200. The predicted octanol–water partition coefficient (Wildman–Crippen LogP) is 2.13. The van der Waals surface area contributed by atoms with E-state index in [1.54, 1.807) is 12.1 Å². The number of hydrogen-bond acceptors (Lipinski definition) is 5. The summed E-state index contributed by atoms with van der Waals surface area (Å²) in [6.07, 6.45) is 2.22. The van der Waals surface area contributed by atoms with Crippen molar-refractivity contribution in [1.82, 2.24) is 0 Å². The molecular weight excluding hydrogens is 275 g/mol. The number of carbonyl (C=O) groups is 2. The highest BCUT2D eigenvalue weighted by Crippen LogP contribution is 2.08. The molecule has 0 aromatic heterocycles. The highest BCUT2D eigenvalue weighted by atomic mass is 19.1. The molecule has 0 spiro atoms. The van der Waals surface area contributed by atoms with Crippen LogP contribution in [0.3, 0.4) is 0 Å². The Labute approximate surface area is 121 Å². The number of hydrogen-bond donors (Lipinski definition) is 1. The summed E-state index contributed by atoms with van der Waals surface area (Å²) in [5, 5.41) is 16.0. The average Bonchev–Trinajstić information content (AvgIpc) is 2.44. The number of ketones is 1. The Balaban J connectivity index is 2.56. The second-order valence-corrected chi connectivity index (χ2v) is 4.17. The van der Waals surface area contributed by atoms with E-state index < -0.39 is 30.1 Å². The van der Waals surface area contributed by atoms with E-state index in [1.807, 2.05) is 0 Å². The first-order chi connectivity index (χ1) is 9.95. The number of rotatable bonds is 6. The lowest BCUT2D eigenvalue weighted by molar-refractivity contribution is -0.143. The predicted molar refractivity (Wildman–Crippen MR) is 73.9 cm³/mol. The third-order valence-electron chi connectivity index (χ3n) is 2.54. The van der Waals surface area contributed by atoms with Crippen molar-refractivity contribution in [2.24, 2.45) is 5.92 Å². The van der Waals surface area contributed by atoms with Gasteiger partial charge in [-0.25, -0.2) is 9.18 Å². The van der Waals surface area contributed by atoms with E-state index in [1.165, 1.54) is 31.2 Å². The number of benzene rings is 1. The van der Waals surface area contributed by atoms with Crippen molar-refractivity contribution in [2.45, 2.75) is 6.92 Å². The highest BCUT2D eigenvalue weighted by molar-refractivity contribution is 6.06. The summed E-state index contributed by atoms with van der Waals surface area (Å²) in [4.78, 5) is 22.9. The van der Waals surface area contributed by atoms with Crippen molar-refractivity contribution in [3.05, 3.63) is 41.7 Å². The van der Waals surface area contributed by atoms with E-state index in [0.29, 0.717) is 0 Å². The summed E-state index contributed by atoms with van der Waals surface area (Å²) in [6.45, 7) is 0.723. The van der Waals surface area contributed by atoms with Gasteiger partial charge in [-0.05, 0) is 19.1 Å². The first-order valence-electron chi connectivity index (χ1n) is 6.02. The van der Waals surface area contributed by atoms with Crippen molar-refractivity contribution >= 4 is 23.5 Å². The molecule has 0 aliphatic heterocycles. The molecule has 6 heteroatoms. The number of Topliss-reactive ketones (excluding diaryl/α,β-unsaturated/α-hetero) is 1. The Hall–Kier alpha value is -2.81. The molecule has 0 aliphatic carbocycles. The van der Waals surface area contributed by atoms with Gasteiger partial charge in [-0.15, -0.1) is 0 Å². The molecule has 0 radical (unpaired) electrons. The lowest BCUT2D eigenvalue weighted by Gasteiger charge is -2.05. The van der Waals surface area contributed by atoms with Gasteiger partial charge in [0.2, 0.25) is 0 Å². The molecular formula is C15H13FN2O3. The van der Waals surface area contributed by atoms with E-state index in [0.717, 1.165) is 6.08 Å². The highest BCUT2D eigenvalue weighted by Gasteiger charge is 2.20. The monoisotopic (exact) mass is 288 g/mol. The molecule has 5 nitrogen and oxygen atoms in total. The molecule has 0 saturated heterocycles. The van der Waals surface area contributed by atoms with E-state index in [-0.39, 0.29) is 11.3 Å². The zero-order chi connectivity index (χ0) is 15.8. The maximum Gasteiger partial charge on any atom is 0.331 e. The Morgan fingerprint density at radius 2 is 2.14 bits per heavy atom. The topological polar surface area (TPSA) is 91.0 Å². The lowest BCUT2D eigenvalue weighted by atomic mass is 10.0. The number of nitriles is 1. The molecule has 21 heavy (non-hydrogen) atoms. The van der Waals surface area contributed by atoms with Crippen molar-refractivity contribution in [2.75, 3.05) is 6.61 Å². The molecule has 1 unspecified atom stereocenters. The average molecular weight is 288 g/mol. The van der Waals surface area contributed by atoms with Crippen LogP contribution in [0, 0.1) is 28.5 Å². The van der Waals surface area contributed by atoms with Gasteiger partial charge in [-0.1, -0.05) is 18.2 Å². The van der Waals surface area contributed by atoms with Gasteiger partial charge in [-0.3, -0.25) is 4.79 Å². The van der Waals surface area contributed by atoms with Crippen LogP contribution >= 0.6 is 0 Å². The quantitative estimate of drug-likeness (QED) is 0.493. The van der Waals surface area contributed by atoms with Crippen LogP contribution in [0.25, 0.3) is 6.08 Å². The maximum atomic E-state index is 13.3. The fourth-order valence-electron chi connectivity index (χ4n) is 1.45. The molecule has 0 fully saturated rings. The van der Waals surface area contributed by atoms with Crippen LogP contribution in [0.5, 0.6) is 0 Å². The number of ether oxygens (including phenoxy) is 1. The number of nitrogens with one attached hydrogen (secondary N) is 1. The van der Waals surface area contributed by atoms with Gasteiger partial charge < -0.3 is 10.1 Å². The molecule has 1 rings (SSSR count). The minimum Gasteiger partial charge on any atom is -0.454 e. The van der Waals surface area contributed by atoms with E-state index in [9.17, 15) is 14.0 Å². The summed E-state index contributed by atoms with van der Waals surface area (Å²) in [7, 11) is 0. The second kappa shape index (κ2) is 7.70. The Kier molecular flexibility index (Phi) is 5.96. The summed E-state index contributed by atoms with van der Waals surface area (Å²) in [6, 6.07) is 7.52. The summed E-state index contributed by atoms with van der Waals surface area (Å²) in [5.74, 6) is -3.20. The number of carbonyl (C=O) groups excluding carboxylic acids is 2. The second-order valence-electron chi connectivity index (χ2n) is 4.17. The van der Waals surface area contributed by atoms with Gasteiger partial charge in [0.15, 0.2) is 12.4 Å². The number of halogens is 1. The first kappa shape index (κ1) is 16.2. The van der Waals surface area contributed by atoms with Crippen LogP contribution in [-0.4, -0.2) is 24.1 Å². The molecule has 0 saturated carbocycles. The number of nitrogens with zero attached hydrogens (tertiary/aromatic N) is 1. The molecule has 1 atom stereocenters. The molecule has 1 aromatic rings. The van der Waals surface area contributed by atoms with E-state index in [2.05, 4.69) is 4.74 Å². The summed E-state index contributed by atoms with van der Waals surface area (Å²) >= 11 is 0. The van der Waals surface area contributed by atoms with Gasteiger partial charge in [0.25, 0.3) is 0 Å². The Morgan fingerprint density at radius 3 is 2.71 bits per heavy atom. The smallest absolute Gasteiger partial charge is 0.331 e. The van der Waals surface area contributed by atoms with Crippen LogP contribution in [-0.2, 0) is 14.3 Å². The zero-order valence-corrected chi connectivity index (χ0v) is 11.3. The van der Waals surface area contributed by atoms with Gasteiger partial charge in [0.1, 0.15) is 11.7 Å². The molecule has 1 aromatic carbocycles. The van der Waals surface area contributed by atoms with Crippen LogP contribution in [0.1, 0.15) is 12.5 Å².